The molecule has 2 fully saturated rings. The van der Waals surface area contributed by atoms with Crippen molar-refractivity contribution in [1.29, 1.82) is 0 Å². The zero-order valence-electron chi connectivity index (χ0n) is 12.7. The second-order valence-electron chi connectivity index (χ2n) is 6.00. The van der Waals surface area contributed by atoms with E-state index in [1.165, 1.54) is 19.4 Å². The van der Waals surface area contributed by atoms with Crippen molar-refractivity contribution in [3.8, 4) is 0 Å². The number of amides is 1. The summed E-state index contributed by atoms with van der Waals surface area (Å²) in [5, 5.41) is 3.19. The van der Waals surface area contributed by atoms with Gasteiger partial charge in [-0.1, -0.05) is 0 Å². The summed E-state index contributed by atoms with van der Waals surface area (Å²) in [5.74, 6) is 0.983. The maximum Gasteiger partial charge on any atom is 0.272 e. The Morgan fingerprint density at radius 1 is 1.29 bits per heavy atom. The summed E-state index contributed by atoms with van der Waals surface area (Å²) in [6, 6.07) is 3.74. The van der Waals surface area contributed by atoms with Crippen molar-refractivity contribution >= 4 is 11.6 Å². The molecule has 0 bridgehead atoms. The molecule has 1 amide bonds. The number of nitrogens with one attached hydrogen (secondary N) is 1. The third-order valence-electron chi connectivity index (χ3n) is 4.24. The van der Waals surface area contributed by atoms with Crippen molar-refractivity contribution in [1.82, 2.24) is 14.8 Å². The molecule has 0 radical (unpaired) electrons. The number of carbonyl (C=O) groups excluding carboxylic acids is 1. The number of nitrogens with zero attached hydrogens (tertiary/aromatic N) is 3. The van der Waals surface area contributed by atoms with Crippen molar-refractivity contribution in [3.05, 3.63) is 24.0 Å². The summed E-state index contributed by atoms with van der Waals surface area (Å²) in [5.41, 5.74) is 1.51. The van der Waals surface area contributed by atoms with Gasteiger partial charge in [0.25, 0.3) is 5.91 Å². The summed E-state index contributed by atoms with van der Waals surface area (Å²) in [6.07, 6.45) is 4.52. The van der Waals surface area contributed by atoms with Gasteiger partial charge in [-0.15, -0.1) is 0 Å². The normalized spacial score (nSPS) is 19.6. The Morgan fingerprint density at radius 2 is 2.05 bits per heavy atom. The Morgan fingerprint density at radius 3 is 2.62 bits per heavy atom. The smallest absolute Gasteiger partial charge is 0.272 e. The lowest BCUT2D eigenvalue weighted by Crippen LogP contribution is -2.49. The molecule has 0 atom stereocenters. The van der Waals surface area contributed by atoms with Gasteiger partial charge in [-0.2, -0.15) is 0 Å². The lowest BCUT2D eigenvalue weighted by Gasteiger charge is -2.34. The van der Waals surface area contributed by atoms with Crippen LogP contribution in [0.15, 0.2) is 18.3 Å². The summed E-state index contributed by atoms with van der Waals surface area (Å²) in [6.45, 7) is 7.76. The molecule has 0 unspecified atom stereocenters. The van der Waals surface area contributed by atoms with Gasteiger partial charge in [-0.05, 0) is 37.8 Å². The van der Waals surface area contributed by atoms with Gasteiger partial charge in [0.1, 0.15) is 5.69 Å². The largest absolute Gasteiger partial charge is 0.384 e. The van der Waals surface area contributed by atoms with E-state index in [-0.39, 0.29) is 5.91 Å². The molecule has 2 heterocycles. The molecule has 1 aromatic heterocycles. The van der Waals surface area contributed by atoms with E-state index in [2.05, 4.69) is 15.2 Å². The van der Waals surface area contributed by atoms with Crippen LogP contribution < -0.4 is 5.32 Å². The summed E-state index contributed by atoms with van der Waals surface area (Å²) in [7, 11) is 0. The number of hydrogen-bond acceptors (Lipinski definition) is 4. The molecule has 1 saturated heterocycles. The lowest BCUT2D eigenvalue weighted by molar-refractivity contribution is 0.0626. The third-order valence-corrected chi connectivity index (χ3v) is 4.24. The molecule has 1 N–H and O–H groups in total. The van der Waals surface area contributed by atoms with Gasteiger partial charge < -0.3 is 10.2 Å². The second-order valence-corrected chi connectivity index (χ2v) is 6.00. The van der Waals surface area contributed by atoms with E-state index in [1.807, 2.05) is 24.0 Å². The molecule has 0 spiro atoms. The van der Waals surface area contributed by atoms with Crippen molar-refractivity contribution < 1.29 is 4.79 Å². The average molecular weight is 288 g/mol. The number of hydrogen-bond donors (Lipinski definition) is 1. The fourth-order valence-electron chi connectivity index (χ4n) is 2.79. The van der Waals surface area contributed by atoms with Crippen LogP contribution >= 0.6 is 0 Å². The maximum atomic E-state index is 12.4. The van der Waals surface area contributed by atoms with Crippen LogP contribution in [0.1, 0.15) is 30.3 Å². The highest BCUT2D eigenvalue weighted by molar-refractivity contribution is 5.92. The highest BCUT2D eigenvalue weighted by atomic mass is 16.2. The van der Waals surface area contributed by atoms with Crippen LogP contribution in [0.3, 0.4) is 0 Å². The van der Waals surface area contributed by atoms with Gasteiger partial charge in [0.15, 0.2) is 0 Å². The minimum Gasteiger partial charge on any atom is -0.384 e. The zero-order chi connectivity index (χ0) is 14.7. The number of pyridine rings is 1. The van der Waals surface area contributed by atoms with Gasteiger partial charge in [-0.25, -0.2) is 4.98 Å². The minimum absolute atomic E-state index is 0.0594. The average Bonchev–Trinajstić information content (AvgIpc) is 3.32. The predicted molar refractivity (Wildman–Crippen MR) is 83.5 cm³/mol. The molecule has 5 nitrogen and oxygen atoms in total. The van der Waals surface area contributed by atoms with Gasteiger partial charge in [0, 0.05) is 39.3 Å². The molecule has 5 heteroatoms. The molecule has 0 aromatic carbocycles. The number of anilines is 1. The molecule has 1 aliphatic heterocycles. The maximum absolute atomic E-state index is 12.4. The van der Waals surface area contributed by atoms with E-state index in [1.54, 1.807) is 6.20 Å². The predicted octanol–water partition coefficient (Wildman–Crippen LogP) is 1.68. The molecule has 1 aromatic rings. The molecule has 114 valence electrons. The topological polar surface area (TPSA) is 48.5 Å². The molecule has 21 heavy (non-hydrogen) atoms. The van der Waals surface area contributed by atoms with Crippen LogP contribution in [0, 0.1) is 5.92 Å². The van der Waals surface area contributed by atoms with Crippen molar-refractivity contribution in [2.75, 3.05) is 44.6 Å². The Hall–Kier alpha value is -1.62. The molecular weight excluding hydrogens is 264 g/mol. The van der Waals surface area contributed by atoms with Crippen molar-refractivity contribution in [3.63, 3.8) is 0 Å². The molecule has 1 aliphatic carbocycles. The number of rotatable bonds is 5. The summed E-state index contributed by atoms with van der Waals surface area (Å²) in [4.78, 5) is 21.1. The van der Waals surface area contributed by atoms with Crippen LogP contribution in [0.2, 0.25) is 0 Å². The molecule has 3 rings (SSSR count). The third kappa shape index (κ3) is 3.73. The van der Waals surface area contributed by atoms with Crippen molar-refractivity contribution in [2.24, 2.45) is 5.92 Å². The van der Waals surface area contributed by atoms with E-state index >= 15 is 0 Å². The highest BCUT2D eigenvalue weighted by Gasteiger charge is 2.28. The first kappa shape index (κ1) is 14.3. The molecule has 2 aliphatic rings. The first-order chi connectivity index (χ1) is 10.3. The van der Waals surface area contributed by atoms with E-state index in [0.717, 1.165) is 44.3 Å². The first-order valence-electron chi connectivity index (χ1n) is 7.98. The van der Waals surface area contributed by atoms with Gasteiger partial charge >= 0.3 is 0 Å². The quantitative estimate of drug-likeness (QED) is 0.895. The second kappa shape index (κ2) is 6.43. The Balaban J connectivity index is 1.52. The van der Waals surface area contributed by atoms with Crippen LogP contribution in [0.5, 0.6) is 0 Å². The Bertz CT molecular complexity index is 476. The summed E-state index contributed by atoms with van der Waals surface area (Å²) >= 11 is 0. The van der Waals surface area contributed by atoms with Gasteiger partial charge in [0.2, 0.25) is 0 Å². The van der Waals surface area contributed by atoms with Crippen molar-refractivity contribution in [2.45, 2.75) is 19.8 Å². The molecular formula is C16H24N4O. The van der Waals surface area contributed by atoms with E-state index in [4.69, 9.17) is 0 Å². The number of piperazine rings is 1. The van der Waals surface area contributed by atoms with Crippen LogP contribution in [0.4, 0.5) is 5.69 Å². The monoisotopic (exact) mass is 288 g/mol. The van der Waals surface area contributed by atoms with Crippen LogP contribution in [0.25, 0.3) is 0 Å². The summed E-state index contributed by atoms with van der Waals surface area (Å²) < 4.78 is 0. The minimum atomic E-state index is 0.0594. The van der Waals surface area contributed by atoms with Gasteiger partial charge in [-0.3, -0.25) is 9.69 Å². The van der Waals surface area contributed by atoms with E-state index < -0.39 is 0 Å². The van der Waals surface area contributed by atoms with Crippen LogP contribution in [-0.2, 0) is 0 Å². The SMILES string of the molecule is CCNc1ccc(C(=O)N2CCN(CC3CC3)CC2)nc1. The highest BCUT2D eigenvalue weighted by Crippen LogP contribution is 2.29. The standard InChI is InChI=1S/C16H24N4O/c1-2-17-14-5-6-15(18-11-14)16(21)20-9-7-19(8-10-20)12-13-3-4-13/h5-6,11,13,17H,2-4,7-10,12H2,1H3. The number of carbonyl (C=O) groups is 1. The zero-order valence-corrected chi connectivity index (χ0v) is 12.7. The fraction of sp³-hybridized carbons (Fsp3) is 0.625. The van der Waals surface area contributed by atoms with E-state index in [9.17, 15) is 4.79 Å². The Kier molecular flexibility index (Phi) is 4.39. The first-order valence-corrected chi connectivity index (χ1v) is 7.98. The fourth-order valence-corrected chi connectivity index (χ4v) is 2.79. The number of aromatic nitrogens is 1. The molecule has 1 saturated carbocycles. The van der Waals surface area contributed by atoms with Crippen LogP contribution in [-0.4, -0.2) is 60.0 Å². The lowest BCUT2D eigenvalue weighted by atomic mass is 10.2. The van der Waals surface area contributed by atoms with Gasteiger partial charge in [0.05, 0.1) is 11.9 Å². The van der Waals surface area contributed by atoms with E-state index in [0.29, 0.717) is 5.69 Å². The Labute approximate surface area is 126 Å².